The zero-order valence-corrected chi connectivity index (χ0v) is 20.5. The summed E-state index contributed by atoms with van der Waals surface area (Å²) >= 11 is 6.11. The Balaban J connectivity index is 1.72. The molecule has 0 saturated carbocycles. The fourth-order valence-electron chi connectivity index (χ4n) is 4.69. The zero-order valence-electron chi connectivity index (χ0n) is 19.8. The van der Waals surface area contributed by atoms with Crippen molar-refractivity contribution < 1.29 is 9.90 Å². The predicted octanol–water partition coefficient (Wildman–Crippen LogP) is 5.74. The number of benzene rings is 2. The maximum absolute atomic E-state index is 12.4. The molecule has 180 valence electrons. The van der Waals surface area contributed by atoms with Crippen molar-refractivity contribution in [3.8, 4) is 17.3 Å². The molecule has 1 N–H and O–H groups in total. The third-order valence-corrected chi connectivity index (χ3v) is 6.68. The van der Waals surface area contributed by atoms with Gasteiger partial charge in [-0.05, 0) is 36.4 Å². The molecule has 0 atom stereocenters. The van der Waals surface area contributed by atoms with E-state index in [-0.39, 0.29) is 0 Å². The molecule has 5 rings (SSSR count). The molecule has 3 heterocycles. The molecule has 0 bridgehead atoms. The molecule has 0 aliphatic carbocycles. The maximum Gasteiger partial charge on any atom is 0.336 e. The normalized spacial score (nSPS) is 14.6. The molecule has 0 saturated heterocycles. The van der Waals surface area contributed by atoms with Gasteiger partial charge in [0, 0.05) is 46.4 Å². The van der Waals surface area contributed by atoms with Gasteiger partial charge in [0.05, 0.1) is 41.5 Å². The van der Waals surface area contributed by atoms with E-state index in [4.69, 9.17) is 26.9 Å². The second-order valence-corrected chi connectivity index (χ2v) is 9.16. The number of pyridine rings is 1. The number of carboxylic acids is 1. The van der Waals surface area contributed by atoms with Crippen LogP contribution in [0.15, 0.2) is 54.7 Å². The number of nitrogens with zero attached hydrogens (tertiary/aromatic N) is 5. The monoisotopic (exact) mass is 497 g/mol. The molecule has 36 heavy (non-hydrogen) atoms. The molecule has 0 amide bonds. The third-order valence-electron chi connectivity index (χ3n) is 6.42. The van der Waals surface area contributed by atoms with E-state index in [0.29, 0.717) is 53.2 Å². The van der Waals surface area contributed by atoms with Crippen LogP contribution in [0.5, 0.6) is 0 Å². The molecule has 1 aliphatic rings. The second-order valence-electron chi connectivity index (χ2n) is 8.72. The van der Waals surface area contributed by atoms with E-state index in [1.54, 1.807) is 4.68 Å². The minimum atomic E-state index is -0.951. The van der Waals surface area contributed by atoms with Gasteiger partial charge in [0.25, 0.3) is 0 Å². The van der Waals surface area contributed by atoms with Crippen LogP contribution in [-0.2, 0) is 13.1 Å². The zero-order chi connectivity index (χ0) is 25.2. The number of aromatic carboxylic acids is 1. The molecular weight excluding hydrogens is 474 g/mol. The van der Waals surface area contributed by atoms with Gasteiger partial charge < -0.3 is 5.11 Å². The van der Waals surface area contributed by atoms with E-state index in [2.05, 4.69) is 17.9 Å². The minimum Gasteiger partial charge on any atom is -0.478 e. The van der Waals surface area contributed by atoms with Gasteiger partial charge in [0.2, 0.25) is 0 Å². The summed E-state index contributed by atoms with van der Waals surface area (Å²) in [4.78, 5) is 19.5. The molecule has 2 aromatic carbocycles. The first kappa shape index (κ1) is 23.7. The highest BCUT2D eigenvalue weighted by molar-refractivity contribution is 6.30. The van der Waals surface area contributed by atoms with Gasteiger partial charge in [-0.3, -0.25) is 9.58 Å². The fourth-order valence-corrected chi connectivity index (χ4v) is 4.82. The summed E-state index contributed by atoms with van der Waals surface area (Å²) in [5.41, 5.74) is 5.89. The van der Waals surface area contributed by atoms with Gasteiger partial charge in [0.15, 0.2) is 0 Å². The van der Waals surface area contributed by atoms with Crippen molar-refractivity contribution in [3.05, 3.63) is 82.1 Å². The van der Waals surface area contributed by atoms with E-state index in [9.17, 15) is 9.90 Å². The Morgan fingerprint density at radius 2 is 1.94 bits per heavy atom. The number of fused-ring (bicyclic) bond motifs is 2. The van der Waals surface area contributed by atoms with Crippen molar-refractivity contribution in [3.63, 3.8) is 0 Å². The standard InChI is InChI=1S/C28H24ClN5O2/c1-2-33-15-19(27-23(17-33)25(28(35)36)22-6-3-4-7-24(22)31-27)14-20-16-34(13-5-12-30)32-26(20)18-8-10-21(29)11-9-18/h3-4,6-11,14,16H,2,5,13,15,17H2,1H3,(H,35,36)/b19-14+. The lowest BCUT2D eigenvalue weighted by Gasteiger charge is -2.30. The number of likely N-dealkylation sites (N-methyl/N-ethyl adjacent to an activating group) is 1. The first-order valence-electron chi connectivity index (χ1n) is 11.8. The Bertz CT molecular complexity index is 1530. The van der Waals surface area contributed by atoms with Crippen LogP contribution in [0.25, 0.3) is 33.8 Å². The summed E-state index contributed by atoms with van der Waals surface area (Å²) in [6, 6.07) is 17.0. The summed E-state index contributed by atoms with van der Waals surface area (Å²) in [6.07, 6.45) is 4.32. The van der Waals surface area contributed by atoms with Gasteiger partial charge in [-0.25, -0.2) is 9.78 Å². The summed E-state index contributed by atoms with van der Waals surface area (Å²) in [6.45, 7) is 4.47. The van der Waals surface area contributed by atoms with Crippen molar-refractivity contribution in [2.45, 2.75) is 26.4 Å². The number of carbonyl (C=O) groups is 1. The highest BCUT2D eigenvalue weighted by Gasteiger charge is 2.28. The number of aromatic nitrogens is 3. The number of carboxylic acid groups (broad SMARTS) is 1. The number of nitriles is 1. The first-order valence-corrected chi connectivity index (χ1v) is 12.1. The van der Waals surface area contributed by atoms with Crippen LogP contribution in [0, 0.1) is 11.3 Å². The van der Waals surface area contributed by atoms with E-state index < -0.39 is 5.97 Å². The van der Waals surface area contributed by atoms with Crippen molar-refractivity contribution in [2.24, 2.45) is 0 Å². The first-order chi connectivity index (χ1) is 17.5. The Morgan fingerprint density at radius 3 is 2.67 bits per heavy atom. The van der Waals surface area contributed by atoms with Gasteiger partial charge in [-0.2, -0.15) is 10.4 Å². The molecule has 2 aromatic heterocycles. The number of rotatable bonds is 6. The summed E-state index contributed by atoms with van der Waals surface area (Å²) in [5, 5.41) is 25.3. The molecule has 7 nitrogen and oxygen atoms in total. The molecule has 0 unspecified atom stereocenters. The highest BCUT2D eigenvalue weighted by atomic mass is 35.5. The van der Waals surface area contributed by atoms with E-state index in [0.717, 1.165) is 34.5 Å². The largest absolute Gasteiger partial charge is 0.478 e. The van der Waals surface area contributed by atoms with E-state index >= 15 is 0 Å². The average Bonchev–Trinajstić information content (AvgIpc) is 3.28. The van der Waals surface area contributed by atoms with Crippen LogP contribution >= 0.6 is 11.6 Å². The van der Waals surface area contributed by atoms with Crippen LogP contribution in [0.4, 0.5) is 0 Å². The Labute approximate surface area is 213 Å². The number of hydrogen-bond donors (Lipinski definition) is 1. The predicted molar refractivity (Wildman–Crippen MR) is 140 cm³/mol. The van der Waals surface area contributed by atoms with Gasteiger partial charge in [-0.1, -0.05) is 48.9 Å². The highest BCUT2D eigenvalue weighted by Crippen LogP contribution is 2.35. The Morgan fingerprint density at radius 1 is 1.17 bits per heavy atom. The van der Waals surface area contributed by atoms with Crippen molar-refractivity contribution in [1.29, 1.82) is 5.26 Å². The summed E-state index contributed by atoms with van der Waals surface area (Å²) in [5.74, 6) is -0.951. The molecule has 1 aliphatic heterocycles. The van der Waals surface area contributed by atoms with Crippen LogP contribution in [0.2, 0.25) is 5.02 Å². The molecule has 0 fully saturated rings. The third kappa shape index (κ3) is 4.49. The second kappa shape index (κ2) is 9.94. The quantitative estimate of drug-likeness (QED) is 0.365. The number of hydrogen-bond acceptors (Lipinski definition) is 5. The summed E-state index contributed by atoms with van der Waals surface area (Å²) in [7, 11) is 0. The Hall–Kier alpha value is -3.99. The molecular formula is C28H24ClN5O2. The van der Waals surface area contributed by atoms with Gasteiger partial charge >= 0.3 is 5.97 Å². The summed E-state index contributed by atoms with van der Waals surface area (Å²) < 4.78 is 1.78. The van der Waals surface area contributed by atoms with Crippen molar-refractivity contribution in [2.75, 3.05) is 13.1 Å². The molecule has 0 radical (unpaired) electrons. The lowest BCUT2D eigenvalue weighted by atomic mass is 9.92. The molecule has 4 aromatic rings. The maximum atomic E-state index is 12.4. The number of halogens is 1. The van der Waals surface area contributed by atoms with Crippen LogP contribution in [-0.4, -0.2) is 43.8 Å². The smallest absolute Gasteiger partial charge is 0.336 e. The Kier molecular flexibility index (Phi) is 6.55. The number of para-hydroxylation sites is 1. The van der Waals surface area contributed by atoms with Gasteiger partial charge in [-0.15, -0.1) is 0 Å². The SMILES string of the molecule is CCN1C/C(=C\c2cn(CCC#N)nc2-c2ccc(Cl)cc2)c2nc3ccccc3c(C(=O)O)c2C1. The molecule has 0 spiro atoms. The van der Waals surface area contributed by atoms with Crippen molar-refractivity contribution in [1.82, 2.24) is 19.7 Å². The van der Waals surface area contributed by atoms with Crippen molar-refractivity contribution >= 4 is 40.1 Å². The van der Waals surface area contributed by atoms with Crippen LogP contribution < -0.4 is 0 Å². The minimum absolute atomic E-state index is 0.308. The average molecular weight is 498 g/mol. The lowest BCUT2D eigenvalue weighted by molar-refractivity contribution is 0.0696. The number of aryl methyl sites for hydroxylation is 1. The fraction of sp³-hybridized carbons (Fsp3) is 0.214. The molecule has 8 heteroatoms. The van der Waals surface area contributed by atoms with Crippen LogP contribution in [0.3, 0.4) is 0 Å². The van der Waals surface area contributed by atoms with E-state index in [1.807, 2.05) is 60.8 Å². The topological polar surface area (TPSA) is 95.0 Å². The lowest BCUT2D eigenvalue weighted by Crippen LogP contribution is -2.31. The van der Waals surface area contributed by atoms with Crippen LogP contribution in [0.1, 0.15) is 40.5 Å². The van der Waals surface area contributed by atoms with Gasteiger partial charge in [0.1, 0.15) is 0 Å². The van der Waals surface area contributed by atoms with E-state index in [1.165, 1.54) is 0 Å².